The lowest BCUT2D eigenvalue weighted by Crippen LogP contribution is -2.28. The second-order valence-electron chi connectivity index (χ2n) is 5.60. The Morgan fingerprint density at radius 2 is 1.95 bits per heavy atom. The molecule has 100 valence electrons. The van der Waals surface area contributed by atoms with Gasteiger partial charge in [-0.15, -0.1) is 10.2 Å². The van der Waals surface area contributed by atoms with Crippen LogP contribution in [0.15, 0.2) is 29.1 Å². The number of benzene rings is 1. The number of nitrogens with one attached hydrogen (secondary N) is 2. The highest BCUT2D eigenvalue weighted by atomic mass is 16.1. The molecule has 5 nitrogen and oxygen atoms in total. The largest absolute Gasteiger partial charge is 0.324 e. The van der Waals surface area contributed by atoms with Crippen LogP contribution < -0.4 is 10.9 Å². The van der Waals surface area contributed by atoms with Gasteiger partial charge in [-0.25, -0.2) is 0 Å². The maximum Gasteiger partial charge on any atom is 0.274 e. The maximum absolute atomic E-state index is 11.9. The third-order valence-electron chi connectivity index (χ3n) is 2.69. The van der Waals surface area contributed by atoms with E-state index < -0.39 is 0 Å². The number of nitrogens with zero attached hydrogens (tertiary/aromatic N) is 2. The summed E-state index contributed by atoms with van der Waals surface area (Å²) in [5, 5.41) is 11.1. The van der Waals surface area contributed by atoms with Crippen molar-refractivity contribution in [3.63, 3.8) is 0 Å². The molecule has 0 unspecified atom stereocenters. The topological polar surface area (TPSA) is 70.7 Å². The smallest absolute Gasteiger partial charge is 0.274 e. The van der Waals surface area contributed by atoms with Gasteiger partial charge in [0.1, 0.15) is 5.69 Å². The molecule has 1 aromatic carbocycles. The van der Waals surface area contributed by atoms with Gasteiger partial charge >= 0.3 is 0 Å². The number of aryl methyl sites for hydroxylation is 1. The van der Waals surface area contributed by atoms with E-state index in [4.69, 9.17) is 0 Å². The maximum atomic E-state index is 11.9. The number of hydrogen-bond donors (Lipinski definition) is 2. The van der Waals surface area contributed by atoms with Gasteiger partial charge in [0.15, 0.2) is 0 Å². The van der Waals surface area contributed by atoms with Crippen LogP contribution in [-0.2, 0) is 5.41 Å². The normalized spacial score (nSPS) is 11.4. The second-order valence-corrected chi connectivity index (χ2v) is 5.60. The minimum Gasteiger partial charge on any atom is -0.324 e. The van der Waals surface area contributed by atoms with Gasteiger partial charge in [0, 0.05) is 11.1 Å². The Kier molecular flexibility index (Phi) is 3.38. The molecule has 2 aromatic rings. The summed E-state index contributed by atoms with van der Waals surface area (Å²) < 4.78 is 0. The molecule has 0 saturated carbocycles. The molecular formula is C14H18N4O. The molecule has 0 aliphatic carbocycles. The fraction of sp³-hybridized carbons (Fsp3) is 0.357. The van der Waals surface area contributed by atoms with Crippen molar-refractivity contribution in [3.05, 3.63) is 45.9 Å². The van der Waals surface area contributed by atoms with E-state index in [0.717, 1.165) is 11.3 Å². The number of anilines is 2. The predicted molar refractivity (Wildman–Crippen MR) is 75.8 cm³/mol. The standard InChI is InChI=1S/C14H18N4O/c1-9-6-5-7-10(8-9)15-13-16-12(19)11(17-18-13)14(2,3)4/h5-8H,1-4H3,(H2,15,16,18,19). The van der Waals surface area contributed by atoms with Crippen LogP contribution in [0.2, 0.25) is 0 Å². The molecule has 0 aliphatic heterocycles. The summed E-state index contributed by atoms with van der Waals surface area (Å²) in [6.45, 7) is 7.79. The summed E-state index contributed by atoms with van der Waals surface area (Å²) in [4.78, 5) is 14.7. The SMILES string of the molecule is Cc1cccc(Nc2nnc(C(C)(C)C)c(=O)[nH]2)c1. The number of rotatable bonds is 2. The third kappa shape index (κ3) is 3.19. The first-order valence-electron chi connectivity index (χ1n) is 6.17. The van der Waals surface area contributed by atoms with Gasteiger partial charge < -0.3 is 5.32 Å². The molecule has 0 saturated heterocycles. The average Bonchev–Trinajstić information content (AvgIpc) is 2.27. The van der Waals surface area contributed by atoms with Crippen molar-refractivity contribution < 1.29 is 0 Å². The Bertz CT molecular complexity index is 640. The van der Waals surface area contributed by atoms with E-state index in [-0.39, 0.29) is 11.0 Å². The first-order chi connectivity index (χ1) is 8.86. The van der Waals surface area contributed by atoms with Crippen molar-refractivity contribution in [1.29, 1.82) is 0 Å². The van der Waals surface area contributed by atoms with Crippen LogP contribution in [0, 0.1) is 6.92 Å². The zero-order valence-corrected chi connectivity index (χ0v) is 11.6. The number of H-pyrrole nitrogens is 1. The van der Waals surface area contributed by atoms with Crippen molar-refractivity contribution in [3.8, 4) is 0 Å². The van der Waals surface area contributed by atoms with Gasteiger partial charge in [0.2, 0.25) is 5.95 Å². The first kappa shape index (κ1) is 13.3. The fourth-order valence-corrected chi connectivity index (χ4v) is 1.74. The molecule has 0 fully saturated rings. The summed E-state index contributed by atoms with van der Waals surface area (Å²) in [5.41, 5.74) is 1.91. The van der Waals surface area contributed by atoms with E-state index >= 15 is 0 Å². The average molecular weight is 258 g/mol. The molecule has 1 aromatic heterocycles. The third-order valence-corrected chi connectivity index (χ3v) is 2.69. The predicted octanol–water partition coefficient (Wildman–Crippen LogP) is 2.51. The molecule has 1 heterocycles. The number of aromatic amines is 1. The summed E-state index contributed by atoms with van der Waals surface area (Å²) in [6.07, 6.45) is 0. The van der Waals surface area contributed by atoms with E-state index in [9.17, 15) is 4.79 Å². The Morgan fingerprint density at radius 3 is 2.53 bits per heavy atom. The zero-order chi connectivity index (χ0) is 14.0. The van der Waals surface area contributed by atoms with Gasteiger partial charge in [0.25, 0.3) is 5.56 Å². The van der Waals surface area contributed by atoms with Crippen molar-refractivity contribution in [2.45, 2.75) is 33.1 Å². The molecule has 0 radical (unpaired) electrons. The van der Waals surface area contributed by atoms with Crippen molar-refractivity contribution in [2.75, 3.05) is 5.32 Å². The van der Waals surface area contributed by atoms with Gasteiger partial charge in [-0.2, -0.15) is 0 Å². The van der Waals surface area contributed by atoms with E-state index in [1.54, 1.807) is 0 Å². The summed E-state index contributed by atoms with van der Waals surface area (Å²) in [5.74, 6) is 0.351. The molecule has 0 atom stereocenters. The molecule has 0 bridgehead atoms. The molecule has 0 aliphatic rings. The highest BCUT2D eigenvalue weighted by molar-refractivity contribution is 5.53. The Hall–Kier alpha value is -2.17. The van der Waals surface area contributed by atoms with Crippen LogP contribution in [0.4, 0.5) is 11.6 Å². The highest BCUT2D eigenvalue weighted by Crippen LogP contribution is 2.16. The van der Waals surface area contributed by atoms with Crippen LogP contribution >= 0.6 is 0 Å². The first-order valence-corrected chi connectivity index (χ1v) is 6.17. The van der Waals surface area contributed by atoms with Gasteiger partial charge in [-0.05, 0) is 24.6 Å². The van der Waals surface area contributed by atoms with Gasteiger partial charge in [-0.3, -0.25) is 9.78 Å². The quantitative estimate of drug-likeness (QED) is 0.868. The number of aromatic nitrogens is 3. The summed E-state index contributed by atoms with van der Waals surface area (Å²) in [6, 6.07) is 7.82. The van der Waals surface area contributed by atoms with Crippen LogP contribution in [0.3, 0.4) is 0 Å². The van der Waals surface area contributed by atoms with Gasteiger partial charge in [0.05, 0.1) is 0 Å². The Balaban J connectivity index is 2.29. The van der Waals surface area contributed by atoms with Crippen LogP contribution in [-0.4, -0.2) is 15.2 Å². The molecule has 2 N–H and O–H groups in total. The highest BCUT2D eigenvalue weighted by Gasteiger charge is 2.20. The van der Waals surface area contributed by atoms with Crippen molar-refractivity contribution in [2.24, 2.45) is 0 Å². The lowest BCUT2D eigenvalue weighted by molar-refractivity contribution is 0.547. The molecule has 2 rings (SSSR count). The van der Waals surface area contributed by atoms with E-state index in [1.807, 2.05) is 52.0 Å². The lowest BCUT2D eigenvalue weighted by atomic mass is 9.93. The van der Waals surface area contributed by atoms with Crippen molar-refractivity contribution >= 4 is 11.6 Å². The molecular weight excluding hydrogens is 240 g/mol. The molecule has 5 heteroatoms. The van der Waals surface area contributed by atoms with Crippen LogP contribution in [0.25, 0.3) is 0 Å². The van der Waals surface area contributed by atoms with E-state index in [1.165, 1.54) is 0 Å². The summed E-state index contributed by atoms with van der Waals surface area (Å²) >= 11 is 0. The lowest BCUT2D eigenvalue weighted by Gasteiger charge is -2.15. The molecule has 0 spiro atoms. The summed E-state index contributed by atoms with van der Waals surface area (Å²) in [7, 11) is 0. The van der Waals surface area contributed by atoms with E-state index in [0.29, 0.717) is 11.6 Å². The minimum atomic E-state index is -0.317. The zero-order valence-electron chi connectivity index (χ0n) is 11.6. The minimum absolute atomic E-state index is 0.211. The van der Waals surface area contributed by atoms with Crippen LogP contribution in [0.5, 0.6) is 0 Å². The van der Waals surface area contributed by atoms with Gasteiger partial charge in [-0.1, -0.05) is 32.9 Å². The number of hydrogen-bond acceptors (Lipinski definition) is 4. The second kappa shape index (κ2) is 4.84. The van der Waals surface area contributed by atoms with Crippen LogP contribution in [0.1, 0.15) is 32.0 Å². The fourth-order valence-electron chi connectivity index (χ4n) is 1.74. The molecule has 0 amide bonds. The Morgan fingerprint density at radius 1 is 1.21 bits per heavy atom. The molecule has 19 heavy (non-hydrogen) atoms. The monoisotopic (exact) mass is 258 g/mol. The Labute approximate surface area is 112 Å². The van der Waals surface area contributed by atoms with Crippen molar-refractivity contribution in [1.82, 2.24) is 15.2 Å². The van der Waals surface area contributed by atoms with E-state index in [2.05, 4.69) is 20.5 Å².